The van der Waals surface area contributed by atoms with E-state index >= 15 is 0 Å². The van der Waals surface area contributed by atoms with Crippen LogP contribution in [0.5, 0.6) is 0 Å². The van der Waals surface area contributed by atoms with Crippen LogP contribution in [-0.4, -0.2) is 77.1 Å². The van der Waals surface area contributed by atoms with Crippen molar-refractivity contribution < 1.29 is 19.1 Å². The number of hydrogen-bond acceptors (Lipinski definition) is 4. The molecule has 2 saturated heterocycles. The Labute approximate surface area is 171 Å². The van der Waals surface area contributed by atoms with Crippen LogP contribution in [0.4, 0.5) is 9.59 Å². The van der Waals surface area contributed by atoms with Crippen LogP contribution in [0.25, 0.3) is 0 Å². The molecule has 3 rings (SSSR count). The van der Waals surface area contributed by atoms with Gasteiger partial charge in [0.15, 0.2) is 0 Å². The number of amides is 4. The zero-order chi connectivity index (χ0) is 21.0. The van der Waals surface area contributed by atoms with Crippen molar-refractivity contribution >= 4 is 18.0 Å². The smallest absolute Gasteiger partial charge is 0.410 e. The Bertz CT molecular complexity index is 739. The maximum atomic E-state index is 12.6. The molecule has 8 heteroatoms. The molecule has 158 valence electrons. The highest BCUT2D eigenvalue weighted by Gasteiger charge is 2.33. The number of piperazine rings is 1. The topological polar surface area (TPSA) is 82.2 Å². The van der Waals surface area contributed by atoms with Crippen molar-refractivity contribution in [1.29, 1.82) is 0 Å². The van der Waals surface area contributed by atoms with E-state index in [1.165, 1.54) is 0 Å². The van der Waals surface area contributed by atoms with Gasteiger partial charge in [0.2, 0.25) is 5.91 Å². The predicted octanol–water partition coefficient (Wildman–Crippen LogP) is 2.05. The van der Waals surface area contributed by atoms with Crippen LogP contribution in [0.15, 0.2) is 30.3 Å². The van der Waals surface area contributed by atoms with Gasteiger partial charge in [0.1, 0.15) is 5.60 Å². The summed E-state index contributed by atoms with van der Waals surface area (Å²) in [6.45, 7) is 8.32. The number of rotatable bonds is 3. The van der Waals surface area contributed by atoms with Crippen LogP contribution >= 0.6 is 0 Å². The Morgan fingerprint density at radius 1 is 1.07 bits per heavy atom. The van der Waals surface area contributed by atoms with Gasteiger partial charge in [-0.1, -0.05) is 30.3 Å². The highest BCUT2D eigenvalue weighted by atomic mass is 16.6. The minimum absolute atomic E-state index is 0.0499. The summed E-state index contributed by atoms with van der Waals surface area (Å²) in [7, 11) is 0. The first-order valence-electron chi connectivity index (χ1n) is 10.1. The number of urea groups is 1. The van der Waals surface area contributed by atoms with Gasteiger partial charge < -0.3 is 24.8 Å². The Hall–Kier alpha value is -2.77. The van der Waals surface area contributed by atoms with Crippen molar-refractivity contribution in [3.05, 3.63) is 35.9 Å². The fourth-order valence-electron chi connectivity index (χ4n) is 3.51. The van der Waals surface area contributed by atoms with Gasteiger partial charge in [-0.3, -0.25) is 4.79 Å². The van der Waals surface area contributed by atoms with Gasteiger partial charge in [0.25, 0.3) is 0 Å². The number of ether oxygens (including phenoxy) is 1. The Morgan fingerprint density at radius 2 is 1.69 bits per heavy atom. The third-order valence-corrected chi connectivity index (χ3v) is 4.98. The van der Waals surface area contributed by atoms with Crippen LogP contribution < -0.4 is 5.32 Å². The minimum atomic E-state index is -0.535. The third kappa shape index (κ3) is 5.85. The highest BCUT2D eigenvalue weighted by molar-refractivity contribution is 5.82. The molecule has 0 spiro atoms. The molecule has 2 aliphatic heterocycles. The fraction of sp³-hybridized carbons (Fsp3) is 0.571. The summed E-state index contributed by atoms with van der Waals surface area (Å²) < 4.78 is 5.38. The van der Waals surface area contributed by atoms with E-state index in [-0.39, 0.29) is 24.1 Å². The van der Waals surface area contributed by atoms with Gasteiger partial charge in [0.05, 0.1) is 6.04 Å². The monoisotopic (exact) mass is 402 g/mol. The molecular formula is C21H30N4O4. The SMILES string of the molecule is CC(C)(C)OC(=O)N1CCN(C(=O)NC2CC(=O)N(Cc3ccccc3)C2)CC1. The zero-order valence-corrected chi connectivity index (χ0v) is 17.4. The van der Waals surface area contributed by atoms with E-state index in [0.29, 0.717) is 45.7 Å². The molecule has 1 N–H and O–H groups in total. The molecule has 2 aliphatic rings. The summed E-state index contributed by atoms with van der Waals surface area (Å²) in [4.78, 5) is 42.1. The van der Waals surface area contributed by atoms with E-state index in [1.807, 2.05) is 51.1 Å². The summed E-state index contributed by atoms with van der Waals surface area (Å²) in [5.74, 6) is 0.0499. The van der Waals surface area contributed by atoms with Crippen LogP contribution in [0, 0.1) is 0 Å². The second kappa shape index (κ2) is 8.71. The van der Waals surface area contributed by atoms with Gasteiger partial charge >= 0.3 is 12.1 Å². The van der Waals surface area contributed by atoms with Gasteiger partial charge in [-0.2, -0.15) is 0 Å². The van der Waals surface area contributed by atoms with Crippen molar-refractivity contribution in [2.24, 2.45) is 0 Å². The van der Waals surface area contributed by atoms with Crippen molar-refractivity contribution in [3.63, 3.8) is 0 Å². The van der Waals surface area contributed by atoms with E-state index in [0.717, 1.165) is 5.56 Å². The minimum Gasteiger partial charge on any atom is -0.444 e. The van der Waals surface area contributed by atoms with Crippen LogP contribution in [0.3, 0.4) is 0 Å². The first-order valence-corrected chi connectivity index (χ1v) is 10.1. The summed E-state index contributed by atoms with van der Waals surface area (Å²) in [5, 5.41) is 2.97. The summed E-state index contributed by atoms with van der Waals surface area (Å²) in [6.07, 6.45) is -0.0355. The molecule has 0 saturated carbocycles. The maximum Gasteiger partial charge on any atom is 0.410 e. The molecule has 1 unspecified atom stereocenters. The maximum absolute atomic E-state index is 12.6. The van der Waals surface area contributed by atoms with Crippen LogP contribution in [0.1, 0.15) is 32.8 Å². The normalized spacial score (nSPS) is 20.0. The molecule has 0 aromatic heterocycles. The lowest BCUT2D eigenvalue weighted by Gasteiger charge is -2.36. The molecule has 1 aromatic rings. The van der Waals surface area contributed by atoms with E-state index in [4.69, 9.17) is 4.74 Å². The van der Waals surface area contributed by atoms with Crippen LogP contribution in [-0.2, 0) is 16.1 Å². The molecule has 0 radical (unpaired) electrons. The van der Waals surface area contributed by atoms with Gasteiger partial charge in [-0.15, -0.1) is 0 Å². The van der Waals surface area contributed by atoms with Crippen molar-refractivity contribution in [2.45, 2.75) is 45.4 Å². The lowest BCUT2D eigenvalue weighted by Crippen LogP contribution is -2.55. The van der Waals surface area contributed by atoms with Crippen molar-refractivity contribution in [2.75, 3.05) is 32.7 Å². The molecule has 4 amide bonds. The summed E-state index contributed by atoms with van der Waals surface area (Å²) >= 11 is 0. The molecule has 2 heterocycles. The lowest BCUT2D eigenvalue weighted by atomic mass is 10.2. The largest absolute Gasteiger partial charge is 0.444 e. The molecule has 29 heavy (non-hydrogen) atoms. The number of carbonyl (C=O) groups is 3. The number of carbonyl (C=O) groups excluding carboxylic acids is 3. The Balaban J connectivity index is 1.44. The standard InChI is InChI=1S/C21H30N4O4/c1-21(2,3)29-20(28)24-11-9-23(10-12-24)19(27)22-17-13-18(26)25(15-17)14-16-7-5-4-6-8-16/h4-8,17H,9-15H2,1-3H3,(H,22,27). The van der Waals surface area contributed by atoms with Crippen LogP contribution in [0.2, 0.25) is 0 Å². The molecule has 0 aliphatic carbocycles. The molecule has 2 fully saturated rings. The quantitative estimate of drug-likeness (QED) is 0.839. The van der Waals surface area contributed by atoms with E-state index in [2.05, 4.69) is 5.32 Å². The Morgan fingerprint density at radius 3 is 2.31 bits per heavy atom. The average Bonchev–Trinajstić information content (AvgIpc) is 3.00. The number of hydrogen-bond donors (Lipinski definition) is 1. The molecule has 1 aromatic carbocycles. The Kier molecular flexibility index (Phi) is 6.30. The summed E-state index contributed by atoms with van der Waals surface area (Å²) in [5.41, 5.74) is 0.540. The average molecular weight is 402 g/mol. The number of benzene rings is 1. The second-order valence-electron chi connectivity index (χ2n) is 8.56. The van der Waals surface area contributed by atoms with Gasteiger partial charge in [-0.05, 0) is 26.3 Å². The first-order chi connectivity index (χ1) is 13.7. The number of likely N-dealkylation sites (tertiary alicyclic amines) is 1. The van der Waals surface area contributed by atoms with Gasteiger partial charge in [0, 0.05) is 45.7 Å². The van der Waals surface area contributed by atoms with Crippen molar-refractivity contribution in [1.82, 2.24) is 20.0 Å². The molecular weight excluding hydrogens is 372 g/mol. The van der Waals surface area contributed by atoms with Crippen molar-refractivity contribution in [3.8, 4) is 0 Å². The lowest BCUT2D eigenvalue weighted by molar-refractivity contribution is -0.128. The number of nitrogens with one attached hydrogen (secondary N) is 1. The van der Waals surface area contributed by atoms with E-state index in [9.17, 15) is 14.4 Å². The third-order valence-electron chi connectivity index (χ3n) is 4.98. The molecule has 1 atom stereocenters. The zero-order valence-electron chi connectivity index (χ0n) is 17.4. The van der Waals surface area contributed by atoms with E-state index < -0.39 is 5.60 Å². The van der Waals surface area contributed by atoms with Gasteiger partial charge in [-0.25, -0.2) is 9.59 Å². The highest BCUT2D eigenvalue weighted by Crippen LogP contribution is 2.16. The predicted molar refractivity (Wildman–Crippen MR) is 108 cm³/mol. The fourth-order valence-corrected chi connectivity index (χ4v) is 3.51. The second-order valence-corrected chi connectivity index (χ2v) is 8.56. The number of nitrogens with zero attached hydrogens (tertiary/aromatic N) is 3. The first kappa shape index (κ1) is 21.0. The summed E-state index contributed by atoms with van der Waals surface area (Å²) in [6, 6.07) is 9.45. The molecule has 8 nitrogen and oxygen atoms in total. The van der Waals surface area contributed by atoms with E-state index in [1.54, 1.807) is 14.7 Å². The molecule has 0 bridgehead atoms.